The van der Waals surface area contributed by atoms with E-state index in [0.717, 1.165) is 23.1 Å². The van der Waals surface area contributed by atoms with Crippen molar-refractivity contribution in [1.29, 1.82) is 0 Å². The van der Waals surface area contributed by atoms with E-state index in [1.54, 1.807) is 0 Å². The molecule has 0 bridgehead atoms. The number of hydrogen-bond acceptors (Lipinski definition) is 3. The smallest absolute Gasteiger partial charge is 0.241 e. The molecule has 1 aromatic rings. The summed E-state index contributed by atoms with van der Waals surface area (Å²) < 4.78 is 27.1. The fourth-order valence-corrected chi connectivity index (χ4v) is 3.57. The molecule has 4 nitrogen and oxygen atoms in total. The minimum atomic E-state index is -3.47. The Kier molecular flexibility index (Phi) is 4.90. The van der Waals surface area contributed by atoms with Gasteiger partial charge in [0.15, 0.2) is 0 Å². The molecule has 0 aliphatic heterocycles. The minimum Gasteiger partial charge on any atom is -0.327 e. The molecular weight excluding hydrogens is 248 g/mol. The van der Waals surface area contributed by atoms with Crippen LogP contribution < -0.4 is 10.5 Å². The van der Waals surface area contributed by atoms with Crippen molar-refractivity contribution >= 4 is 10.0 Å². The van der Waals surface area contributed by atoms with Gasteiger partial charge in [0.2, 0.25) is 10.0 Å². The Morgan fingerprint density at radius 1 is 1.22 bits per heavy atom. The van der Waals surface area contributed by atoms with E-state index in [1.165, 1.54) is 0 Å². The molecule has 0 aromatic heterocycles. The second kappa shape index (κ2) is 5.82. The van der Waals surface area contributed by atoms with Gasteiger partial charge in [-0.15, -0.1) is 0 Å². The molecule has 3 N–H and O–H groups in total. The van der Waals surface area contributed by atoms with E-state index in [9.17, 15) is 8.42 Å². The van der Waals surface area contributed by atoms with Crippen molar-refractivity contribution in [3.63, 3.8) is 0 Å². The van der Waals surface area contributed by atoms with E-state index >= 15 is 0 Å². The van der Waals surface area contributed by atoms with E-state index in [-0.39, 0.29) is 12.6 Å². The van der Waals surface area contributed by atoms with Gasteiger partial charge >= 0.3 is 0 Å². The van der Waals surface area contributed by atoms with Crippen LogP contribution in [0.4, 0.5) is 0 Å². The topological polar surface area (TPSA) is 72.2 Å². The van der Waals surface area contributed by atoms with E-state index < -0.39 is 10.0 Å². The van der Waals surface area contributed by atoms with E-state index in [4.69, 9.17) is 5.73 Å². The SMILES string of the molecule is CCC(N)CNS(=O)(=O)c1c(C)cc(C)cc1C. The lowest BCUT2D eigenvalue weighted by atomic mass is 10.1. The van der Waals surface area contributed by atoms with Crippen LogP contribution in [0.1, 0.15) is 30.0 Å². The van der Waals surface area contributed by atoms with Gasteiger partial charge in [0.05, 0.1) is 4.90 Å². The van der Waals surface area contributed by atoms with Gasteiger partial charge in [0.25, 0.3) is 0 Å². The van der Waals surface area contributed by atoms with Crippen LogP contribution in [-0.4, -0.2) is 21.0 Å². The number of benzene rings is 1. The summed E-state index contributed by atoms with van der Waals surface area (Å²) in [5.74, 6) is 0. The molecule has 1 aromatic carbocycles. The highest BCUT2D eigenvalue weighted by Gasteiger charge is 2.20. The predicted octanol–water partition coefficient (Wildman–Crippen LogP) is 1.63. The molecule has 1 atom stereocenters. The Balaban J connectivity index is 3.06. The molecule has 0 amide bonds. The number of rotatable bonds is 5. The van der Waals surface area contributed by atoms with Gasteiger partial charge < -0.3 is 5.73 Å². The molecule has 1 rings (SSSR count). The zero-order valence-electron chi connectivity index (χ0n) is 11.4. The third-order valence-corrected chi connectivity index (χ3v) is 4.66. The Morgan fingerprint density at radius 2 is 1.72 bits per heavy atom. The average molecular weight is 270 g/mol. The molecule has 1 unspecified atom stereocenters. The Morgan fingerprint density at radius 3 is 2.17 bits per heavy atom. The van der Waals surface area contributed by atoms with Crippen LogP contribution in [0.2, 0.25) is 0 Å². The number of nitrogens with two attached hydrogens (primary N) is 1. The van der Waals surface area contributed by atoms with Crippen molar-refractivity contribution in [1.82, 2.24) is 4.72 Å². The lowest BCUT2D eigenvalue weighted by molar-refractivity contribution is 0.563. The van der Waals surface area contributed by atoms with Gasteiger partial charge in [0.1, 0.15) is 0 Å². The molecule has 0 heterocycles. The molecule has 0 radical (unpaired) electrons. The summed E-state index contributed by atoms with van der Waals surface area (Å²) >= 11 is 0. The molecule has 102 valence electrons. The van der Waals surface area contributed by atoms with Crippen molar-refractivity contribution in [2.45, 2.75) is 45.1 Å². The predicted molar refractivity (Wildman–Crippen MR) is 74.1 cm³/mol. The standard InChI is InChI=1S/C13H22N2O2S/c1-5-12(14)8-15-18(16,17)13-10(3)6-9(2)7-11(13)4/h6-7,12,15H,5,8,14H2,1-4H3. The molecule has 0 aliphatic rings. The molecular formula is C13H22N2O2S. The maximum atomic E-state index is 12.2. The van der Waals surface area contributed by atoms with Crippen LogP contribution in [0, 0.1) is 20.8 Å². The normalized spacial score (nSPS) is 13.6. The first-order valence-corrected chi connectivity index (χ1v) is 7.59. The molecule has 18 heavy (non-hydrogen) atoms. The van der Waals surface area contributed by atoms with Crippen molar-refractivity contribution in [2.75, 3.05) is 6.54 Å². The molecule has 0 fully saturated rings. The second-order valence-corrected chi connectivity index (χ2v) is 6.45. The first kappa shape index (κ1) is 15.1. The van der Waals surface area contributed by atoms with Crippen LogP contribution >= 0.6 is 0 Å². The summed E-state index contributed by atoms with van der Waals surface area (Å²) in [6.45, 7) is 7.78. The highest BCUT2D eigenvalue weighted by Crippen LogP contribution is 2.21. The number of nitrogens with one attached hydrogen (secondary N) is 1. The molecule has 0 spiro atoms. The van der Waals surface area contributed by atoms with E-state index in [2.05, 4.69) is 4.72 Å². The largest absolute Gasteiger partial charge is 0.327 e. The van der Waals surface area contributed by atoms with E-state index in [0.29, 0.717) is 4.90 Å². The Labute approximate surface area is 110 Å². The Bertz CT molecular complexity index is 501. The third kappa shape index (κ3) is 3.54. The fourth-order valence-electron chi connectivity index (χ4n) is 2.02. The first-order chi connectivity index (χ1) is 8.27. The highest BCUT2D eigenvalue weighted by molar-refractivity contribution is 7.89. The first-order valence-electron chi connectivity index (χ1n) is 6.11. The van der Waals surface area contributed by atoms with Gasteiger partial charge in [-0.2, -0.15) is 0 Å². The summed E-state index contributed by atoms with van der Waals surface area (Å²) in [6, 6.07) is 3.61. The van der Waals surface area contributed by atoms with Crippen molar-refractivity contribution in [3.05, 3.63) is 28.8 Å². The van der Waals surface area contributed by atoms with Gasteiger partial charge in [-0.25, -0.2) is 13.1 Å². The summed E-state index contributed by atoms with van der Waals surface area (Å²) in [5, 5.41) is 0. The van der Waals surface area contributed by atoms with Crippen molar-refractivity contribution < 1.29 is 8.42 Å². The molecule has 5 heteroatoms. The summed E-state index contributed by atoms with van der Waals surface area (Å²) in [4.78, 5) is 0.372. The minimum absolute atomic E-state index is 0.147. The van der Waals surface area contributed by atoms with Crippen LogP contribution in [-0.2, 0) is 10.0 Å². The zero-order valence-corrected chi connectivity index (χ0v) is 12.3. The summed E-state index contributed by atoms with van der Waals surface area (Å²) in [5.41, 5.74) is 8.33. The van der Waals surface area contributed by atoms with Gasteiger partial charge in [-0.05, 0) is 38.3 Å². The lowest BCUT2D eigenvalue weighted by Gasteiger charge is -2.15. The number of sulfonamides is 1. The molecule has 0 aliphatic carbocycles. The second-order valence-electron chi connectivity index (χ2n) is 4.75. The van der Waals surface area contributed by atoms with Crippen LogP contribution in [0.3, 0.4) is 0 Å². The fraction of sp³-hybridized carbons (Fsp3) is 0.538. The monoisotopic (exact) mass is 270 g/mol. The van der Waals surface area contributed by atoms with Crippen LogP contribution in [0.15, 0.2) is 17.0 Å². The third-order valence-electron chi connectivity index (χ3n) is 2.93. The van der Waals surface area contributed by atoms with Crippen molar-refractivity contribution in [3.8, 4) is 0 Å². The van der Waals surface area contributed by atoms with E-state index in [1.807, 2.05) is 39.8 Å². The van der Waals surface area contributed by atoms with Gasteiger partial charge in [0, 0.05) is 12.6 Å². The lowest BCUT2D eigenvalue weighted by Crippen LogP contribution is -2.37. The van der Waals surface area contributed by atoms with Crippen molar-refractivity contribution in [2.24, 2.45) is 5.73 Å². The van der Waals surface area contributed by atoms with Crippen LogP contribution in [0.5, 0.6) is 0 Å². The average Bonchev–Trinajstić information content (AvgIpc) is 2.24. The van der Waals surface area contributed by atoms with Crippen LogP contribution in [0.25, 0.3) is 0 Å². The summed E-state index contributed by atoms with van der Waals surface area (Å²) in [7, 11) is -3.47. The molecule has 0 saturated heterocycles. The number of hydrogen-bond donors (Lipinski definition) is 2. The quantitative estimate of drug-likeness (QED) is 0.854. The maximum Gasteiger partial charge on any atom is 0.241 e. The number of aryl methyl sites for hydroxylation is 3. The molecule has 0 saturated carbocycles. The zero-order chi connectivity index (χ0) is 13.9. The van der Waals surface area contributed by atoms with Gasteiger partial charge in [-0.3, -0.25) is 0 Å². The highest BCUT2D eigenvalue weighted by atomic mass is 32.2. The summed E-state index contributed by atoms with van der Waals surface area (Å²) in [6.07, 6.45) is 0.744. The van der Waals surface area contributed by atoms with Gasteiger partial charge in [-0.1, -0.05) is 24.6 Å². The Hall–Kier alpha value is -0.910. The maximum absolute atomic E-state index is 12.2.